The number of nitrogens with two attached hydrogens (primary N) is 5. The quantitative estimate of drug-likeness (QED) is 0.0717. The third-order valence-electron chi connectivity index (χ3n) is 3.62. The number of carbonyl (C=O) groups excluding carboxylic acids is 5. The molecule has 0 unspecified atom stereocenters. The largest absolute Gasteiger partial charge is 0.394 e. The zero-order chi connectivity index (χ0) is 23.3. The molecule has 0 aromatic heterocycles. The molecule has 0 saturated heterocycles. The van der Waals surface area contributed by atoms with E-state index in [9.17, 15) is 24.0 Å². The number of nitrogens with zero attached hydrogens (tertiary/aromatic N) is 1. The maximum atomic E-state index is 12.2. The molecule has 0 aromatic carbocycles. The van der Waals surface area contributed by atoms with Crippen molar-refractivity contribution in [2.45, 2.75) is 37.4 Å². The van der Waals surface area contributed by atoms with E-state index < -0.39 is 67.2 Å². The molecule has 5 amide bonds. The van der Waals surface area contributed by atoms with Crippen LogP contribution in [0.5, 0.6) is 0 Å². The van der Waals surface area contributed by atoms with Gasteiger partial charge in [0.1, 0.15) is 18.1 Å². The number of rotatable bonds is 14. The third-order valence-corrected chi connectivity index (χ3v) is 3.62. The van der Waals surface area contributed by atoms with Gasteiger partial charge in [-0.15, -0.1) is 0 Å². The Balaban J connectivity index is 4.74. The summed E-state index contributed by atoms with van der Waals surface area (Å²) in [4.78, 5) is 62.2. The Hall–Kier alpha value is -3.46. The highest BCUT2D eigenvalue weighted by Gasteiger charge is 2.26. The Labute approximate surface area is 172 Å². The van der Waals surface area contributed by atoms with E-state index in [4.69, 9.17) is 33.8 Å². The lowest BCUT2D eigenvalue weighted by Crippen LogP contribution is -2.55. The number of nitrogens with one attached hydrogen (secondary N) is 3. The fourth-order valence-corrected chi connectivity index (χ4v) is 2.10. The van der Waals surface area contributed by atoms with Crippen LogP contribution < -0.4 is 44.6 Å². The molecule has 0 aliphatic carbocycles. The molecular formula is C15H29N9O6. The van der Waals surface area contributed by atoms with E-state index in [1.54, 1.807) is 0 Å². The second-order valence-electron chi connectivity index (χ2n) is 6.21. The Bertz CT molecular complexity index is 665. The maximum absolute atomic E-state index is 12.2. The Kier molecular flexibility index (Phi) is 12.1. The van der Waals surface area contributed by atoms with E-state index in [0.29, 0.717) is 6.42 Å². The summed E-state index contributed by atoms with van der Waals surface area (Å²) < 4.78 is 0. The molecule has 170 valence electrons. The van der Waals surface area contributed by atoms with Crippen molar-refractivity contribution in [2.24, 2.45) is 33.7 Å². The Morgan fingerprint density at radius 1 is 0.933 bits per heavy atom. The second kappa shape index (κ2) is 13.7. The fourth-order valence-electron chi connectivity index (χ4n) is 2.10. The van der Waals surface area contributed by atoms with Crippen LogP contribution in [0.25, 0.3) is 0 Å². The SMILES string of the molecule is NC(=O)C[C@H](NC(=O)[C@@H](N)CO)C(=O)NCC(=O)N[C@@H](CCCN=C(N)N)C(N)=O. The molecule has 0 aliphatic heterocycles. The summed E-state index contributed by atoms with van der Waals surface area (Å²) in [6.45, 7) is -1.03. The molecule has 0 heterocycles. The molecule has 14 N–H and O–H groups in total. The van der Waals surface area contributed by atoms with Gasteiger partial charge in [-0.25, -0.2) is 0 Å². The molecule has 0 aromatic rings. The molecule has 0 radical (unpaired) electrons. The summed E-state index contributed by atoms with van der Waals surface area (Å²) in [5.74, 6) is -4.34. The van der Waals surface area contributed by atoms with E-state index >= 15 is 0 Å². The van der Waals surface area contributed by atoms with Crippen molar-refractivity contribution in [1.29, 1.82) is 0 Å². The van der Waals surface area contributed by atoms with Gasteiger partial charge in [-0.2, -0.15) is 0 Å². The molecule has 0 spiro atoms. The van der Waals surface area contributed by atoms with Crippen LogP contribution in [0.3, 0.4) is 0 Å². The van der Waals surface area contributed by atoms with Gasteiger partial charge in [0.15, 0.2) is 5.96 Å². The first-order valence-corrected chi connectivity index (χ1v) is 8.84. The molecule has 0 aliphatic rings. The molecule has 30 heavy (non-hydrogen) atoms. The number of aliphatic imine (C=N–C) groups is 1. The minimum absolute atomic E-state index is 0.116. The number of carbonyl (C=O) groups is 5. The van der Waals surface area contributed by atoms with Crippen LogP contribution in [0.2, 0.25) is 0 Å². The van der Waals surface area contributed by atoms with Crippen molar-refractivity contribution in [3.8, 4) is 0 Å². The van der Waals surface area contributed by atoms with Gasteiger partial charge in [-0.05, 0) is 12.8 Å². The van der Waals surface area contributed by atoms with Crippen molar-refractivity contribution in [2.75, 3.05) is 19.7 Å². The van der Waals surface area contributed by atoms with Crippen LogP contribution >= 0.6 is 0 Å². The summed E-state index contributed by atoms with van der Waals surface area (Å²) in [5.41, 5.74) is 26.0. The molecule has 0 saturated carbocycles. The molecule has 0 bridgehead atoms. The maximum Gasteiger partial charge on any atom is 0.243 e. The highest BCUT2D eigenvalue weighted by atomic mass is 16.3. The summed E-state index contributed by atoms with van der Waals surface area (Å²) in [5, 5.41) is 15.5. The lowest BCUT2D eigenvalue weighted by Gasteiger charge is -2.19. The number of aliphatic hydroxyl groups is 1. The molecule has 3 atom stereocenters. The van der Waals surface area contributed by atoms with Gasteiger partial charge in [0, 0.05) is 6.54 Å². The molecular weight excluding hydrogens is 402 g/mol. The number of hydrogen-bond donors (Lipinski definition) is 9. The molecule has 15 nitrogen and oxygen atoms in total. The van der Waals surface area contributed by atoms with E-state index in [-0.39, 0.29) is 18.9 Å². The Morgan fingerprint density at radius 2 is 1.57 bits per heavy atom. The van der Waals surface area contributed by atoms with E-state index in [1.165, 1.54) is 0 Å². The average molecular weight is 431 g/mol. The summed E-state index contributed by atoms with van der Waals surface area (Å²) >= 11 is 0. The monoisotopic (exact) mass is 431 g/mol. The van der Waals surface area contributed by atoms with Gasteiger partial charge in [0.2, 0.25) is 29.5 Å². The lowest BCUT2D eigenvalue weighted by atomic mass is 10.1. The number of amides is 5. The number of guanidine groups is 1. The van der Waals surface area contributed by atoms with Gasteiger partial charge in [0.25, 0.3) is 0 Å². The first-order chi connectivity index (χ1) is 14.0. The minimum Gasteiger partial charge on any atom is -0.394 e. The van der Waals surface area contributed by atoms with Crippen molar-refractivity contribution >= 4 is 35.5 Å². The van der Waals surface area contributed by atoms with Gasteiger partial charge in [-0.1, -0.05) is 0 Å². The summed E-state index contributed by atoms with van der Waals surface area (Å²) in [6, 6.07) is -3.74. The van der Waals surface area contributed by atoms with Gasteiger partial charge in [-0.3, -0.25) is 29.0 Å². The minimum atomic E-state index is -1.41. The van der Waals surface area contributed by atoms with Crippen LogP contribution in [-0.4, -0.2) is 78.4 Å². The lowest BCUT2D eigenvalue weighted by molar-refractivity contribution is -0.133. The fraction of sp³-hybridized carbons (Fsp3) is 0.600. The van der Waals surface area contributed by atoms with E-state index in [1.807, 2.05) is 0 Å². The van der Waals surface area contributed by atoms with Gasteiger partial charge >= 0.3 is 0 Å². The summed E-state index contributed by atoms with van der Waals surface area (Å²) in [6.07, 6.45) is -0.0484. The second-order valence-corrected chi connectivity index (χ2v) is 6.21. The summed E-state index contributed by atoms with van der Waals surface area (Å²) in [7, 11) is 0. The zero-order valence-electron chi connectivity index (χ0n) is 16.3. The normalized spacial score (nSPS) is 13.3. The van der Waals surface area contributed by atoms with Gasteiger partial charge in [0.05, 0.1) is 19.6 Å². The van der Waals surface area contributed by atoms with Gasteiger partial charge < -0.3 is 49.7 Å². The van der Waals surface area contributed by atoms with Crippen LogP contribution in [-0.2, 0) is 24.0 Å². The van der Waals surface area contributed by atoms with Crippen molar-refractivity contribution < 1.29 is 29.1 Å². The van der Waals surface area contributed by atoms with Crippen molar-refractivity contribution in [3.05, 3.63) is 0 Å². The smallest absolute Gasteiger partial charge is 0.243 e. The highest BCUT2D eigenvalue weighted by molar-refractivity contribution is 5.95. The van der Waals surface area contributed by atoms with Crippen molar-refractivity contribution in [3.63, 3.8) is 0 Å². The molecule has 15 heteroatoms. The third kappa shape index (κ3) is 11.4. The predicted octanol–water partition coefficient (Wildman–Crippen LogP) is -6.19. The number of primary amides is 2. The molecule has 0 fully saturated rings. The molecule has 0 rings (SSSR count). The van der Waals surface area contributed by atoms with Crippen LogP contribution in [0.15, 0.2) is 4.99 Å². The first-order valence-electron chi connectivity index (χ1n) is 8.84. The highest BCUT2D eigenvalue weighted by Crippen LogP contribution is 1.98. The van der Waals surface area contributed by atoms with Crippen LogP contribution in [0.4, 0.5) is 0 Å². The van der Waals surface area contributed by atoms with E-state index in [0.717, 1.165) is 0 Å². The van der Waals surface area contributed by atoms with Crippen LogP contribution in [0.1, 0.15) is 19.3 Å². The Morgan fingerprint density at radius 3 is 2.07 bits per heavy atom. The topological polar surface area (TPSA) is 284 Å². The number of hydrogen-bond acceptors (Lipinski definition) is 8. The van der Waals surface area contributed by atoms with E-state index in [2.05, 4.69) is 20.9 Å². The van der Waals surface area contributed by atoms with Crippen LogP contribution in [0, 0.1) is 0 Å². The number of aliphatic hydroxyl groups excluding tert-OH is 1. The average Bonchev–Trinajstić information content (AvgIpc) is 2.66. The predicted molar refractivity (Wildman–Crippen MR) is 105 cm³/mol. The first kappa shape index (κ1) is 26.5. The zero-order valence-corrected chi connectivity index (χ0v) is 16.3. The van der Waals surface area contributed by atoms with Crippen molar-refractivity contribution in [1.82, 2.24) is 16.0 Å². The standard InChI is InChI=1S/C15H29N9O6/c16-7(6-25)13(29)24-9(4-10(17)26)14(30)22-5-11(27)23-8(12(18)28)2-1-3-21-15(19)20/h7-9,25H,1-6,16H2,(H2,17,26)(H2,18,28)(H,22,30)(H,23,27)(H,24,29)(H4,19,20,21)/t7-,8-,9-/m0/s1.